The number of carbonyl (C=O) groups is 1. The predicted molar refractivity (Wildman–Crippen MR) is 65.8 cm³/mol. The number of ether oxygens (including phenoxy) is 1. The maximum absolute atomic E-state index is 13.3. The highest BCUT2D eigenvalue weighted by Gasteiger charge is 2.33. The predicted octanol–water partition coefficient (Wildman–Crippen LogP) is 1.23. The van der Waals surface area contributed by atoms with Crippen LogP contribution in [-0.4, -0.2) is 48.0 Å². The first-order valence-corrected chi connectivity index (χ1v) is 6.67. The Hall–Kier alpha value is -1.21. The van der Waals surface area contributed by atoms with Gasteiger partial charge in [-0.1, -0.05) is 0 Å². The molecule has 0 radical (unpaired) electrons. The lowest BCUT2D eigenvalue weighted by Gasteiger charge is -2.21. The van der Waals surface area contributed by atoms with Gasteiger partial charge in [-0.15, -0.1) is 11.3 Å². The number of aromatic nitrogens is 1. The van der Waals surface area contributed by atoms with E-state index in [1.54, 1.807) is 17.2 Å². The van der Waals surface area contributed by atoms with Gasteiger partial charge in [-0.05, 0) is 6.92 Å². The van der Waals surface area contributed by atoms with E-state index in [0.29, 0.717) is 18.2 Å². The van der Waals surface area contributed by atoms with Crippen molar-refractivity contribution in [2.24, 2.45) is 0 Å². The average Bonchev–Trinajstić information content (AvgIpc) is 2.95. The fraction of sp³-hybridized carbons (Fsp3) is 0.636. The van der Waals surface area contributed by atoms with Gasteiger partial charge in [0.1, 0.15) is 6.17 Å². The van der Waals surface area contributed by atoms with Crippen molar-refractivity contribution in [2.75, 3.05) is 24.7 Å². The Balaban J connectivity index is 2.12. The minimum atomic E-state index is -0.961. The maximum Gasteiger partial charge on any atom is 0.357 e. The van der Waals surface area contributed by atoms with Crippen molar-refractivity contribution in [3.05, 3.63) is 11.1 Å². The third-order valence-electron chi connectivity index (χ3n) is 2.80. The monoisotopic (exact) mass is 274 g/mol. The van der Waals surface area contributed by atoms with E-state index in [0.717, 1.165) is 0 Å². The first-order chi connectivity index (χ1) is 8.65. The Labute approximate surface area is 108 Å². The van der Waals surface area contributed by atoms with Gasteiger partial charge in [0.25, 0.3) is 0 Å². The van der Waals surface area contributed by atoms with Crippen LogP contribution in [0.15, 0.2) is 5.38 Å². The minimum absolute atomic E-state index is 0.116. The van der Waals surface area contributed by atoms with E-state index in [1.807, 2.05) is 0 Å². The Morgan fingerprint density at radius 3 is 3.22 bits per heavy atom. The number of esters is 1. The van der Waals surface area contributed by atoms with Gasteiger partial charge in [0.2, 0.25) is 0 Å². The Bertz CT molecular complexity index is 426. The molecule has 100 valence electrons. The molecule has 1 aromatic rings. The van der Waals surface area contributed by atoms with E-state index in [4.69, 9.17) is 4.74 Å². The summed E-state index contributed by atoms with van der Waals surface area (Å²) in [6.07, 6.45) is -0.665. The molecule has 1 aliphatic heterocycles. The highest BCUT2D eigenvalue weighted by Crippen LogP contribution is 2.29. The third kappa shape index (κ3) is 2.62. The highest BCUT2D eigenvalue weighted by molar-refractivity contribution is 7.13. The topological polar surface area (TPSA) is 62.7 Å². The standard InChI is InChI=1S/C11H15FN2O3S/c1-2-17-10(16)9-6-18-11(13-9)14-4-7(12)3-8(14)5-15/h6-8,15H,2-5H2,1H3/t7-,8+/m0/s1. The molecule has 18 heavy (non-hydrogen) atoms. The molecular formula is C11H15FN2O3S. The normalized spacial score (nSPS) is 23.4. The summed E-state index contributed by atoms with van der Waals surface area (Å²) in [7, 11) is 0. The molecule has 1 N–H and O–H groups in total. The second-order valence-corrected chi connectivity index (χ2v) is 4.89. The summed E-state index contributed by atoms with van der Waals surface area (Å²) in [5, 5.41) is 11.3. The lowest BCUT2D eigenvalue weighted by atomic mass is 10.2. The molecule has 2 rings (SSSR count). The summed E-state index contributed by atoms with van der Waals surface area (Å²) in [5.41, 5.74) is 0.232. The van der Waals surface area contributed by atoms with E-state index in [-0.39, 0.29) is 24.9 Å². The molecule has 7 heteroatoms. The van der Waals surface area contributed by atoms with Crippen LogP contribution in [0.1, 0.15) is 23.8 Å². The Morgan fingerprint density at radius 1 is 1.78 bits per heavy atom. The fourth-order valence-corrected chi connectivity index (χ4v) is 2.84. The van der Waals surface area contributed by atoms with Crippen molar-refractivity contribution in [1.29, 1.82) is 0 Å². The van der Waals surface area contributed by atoms with Crippen LogP contribution in [0.25, 0.3) is 0 Å². The zero-order valence-electron chi connectivity index (χ0n) is 10.0. The van der Waals surface area contributed by atoms with Crippen molar-refractivity contribution >= 4 is 22.4 Å². The van der Waals surface area contributed by atoms with Crippen molar-refractivity contribution < 1.29 is 19.0 Å². The summed E-state index contributed by atoms with van der Waals surface area (Å²) in [6.45, 7) is 2.11. The SMILES string of the molecule is CCOC(=O)c1csc(N2C[C@@H](F)C[C@@H]2CO)n1. The van der Waals surface area contributed by atoms with Gasteiger partial charge in [0.05, 0.1) is 25.8 Å². The van der Waals surface area contributed by atoms with Gasteiger partial charge in [0, 0.05) is 11.8 Å². The molecule has 2 atom stereocenters. The molecule has 1 fully saturated rings. The van der Waals surface area contributed by atoms with Gasteiger partial charge in [0.15, 0.2) is 10.8 Å². The molecule has 2 heterocycles. The highest BCUT2D eigenvalue weighted by atomic mass is 32.1. The van der Waals surface area contributed by atoms with Crippen molar-refractivity contribution in [1.82, 2.24) is 4.98 Å². The van der Waals surface area contributed by atoms with Crippen LogP contribution in [0.5, 0.6) is 0 Å². The van der Waals surface area contributed by atoms with Crippen molar-refractivity contribution in [2.45, 2.75) is 25.6 Å². The minimum Gasteiger partial charge on any atom is -0.461 e. The molecule has 0 amide bonds. The summed E-state index contributed by atoms with van der Waals surface area (Å²) in [6, 6.07) is -0.263. The van der Waals surface area contributed by atoms with E-state index in [1.165, 1.54) is 11.3 Å². The van der Waals surface area contributed by atoms with Gasteiger partial charge < -0.3 is 14.7 Å². The number of rotatable bonds is 4. The number of hydrogen-bond donors (Lipinski definition) is 1. The van der Waals surface area contributed by atoms with Crippen molar-refractivity contribution in [3.63, 3.8) is 0 Å². The molecule has 0 bridgehead atoms. The smallest absolute Gasteiger partial charge is 0.357 e. The fourth-order valence-electron chi connectivity index (χ4n) is 1.96. The van der Waals surface area contributed by atoms with Gasteiger partial charge >= 0.3 is 5.97 Å². The summed E-state index contributed by atoms with van der Waals surface area (Å²) in [5.74, 6) is -0.475. The number of anilines is 1. The quantitative estimate of drug-likeness (QED) is 0.837. The van der Waals surface area contributed by atoms with Crippen LogP contribution in [0.2, 0.25) is 0 Å². The molecule has 0 aliphatic carbocycles. The number of nitrogens with zero attached hydrogens (tertiary/aromatic N) is 2. The van der Waals surface area contributed by atoms with Crippen LogP contribution < -0.4 is 4.90 Å². The lowest BCUT2D eigenvalue weighted by Crippen LogP contribution is -2.32. The molecule has 0 aromatic carbocycles. The zero-order chi connectivity index (χ0) is 13.1. The van der Waals surface area contributed by atoms with Crippen molar-refractivity contribution in [3.8, 4) is 0 Å². The first-order valence-electron chi connectivity index (χ1n) is 5.80. The zero-order valence-corrected chi connectivity index (χ0v) is 10.8. The summed E-state index contributed by atoms with van der Waals surface area (Å²) < 4.78 is 18.2. The van der Waals surface area contributed by atoms with Crippen LogP contribution in [-0.2, 0) is 4.74 Å². The molecule has 0 saturated carbocycles. The number of aliphatic hydroxyl groups excluding tert-OH is 1. The number of alkyl halides is 1. The van der Waals surface area contributed by atoms with E-state index >= 15 is 0 Å². The molecule has 0 unspecified atom stereocenters. The van der Waals surface area contributed by atoms with Crippen LogP contribution in [0, 0.1) is 0 Å². The second-order valence-electron chi connectivity index (χ2n) is 4.06. The van der Waals surface area contributed by atoms with Gasteiger partial charge in [-0.25, -0.2) is 14.2 Å². The van der Waals surface area contributed by atoms with Crippen LogP contribution in [0.3, 0.4) is 0 Å². The number of halogens is 1. The summed E-state index contributed by atoms with van der Waals surface area (Å²) >= 11 is 1.26. The average molecular weight is 274 g/mol. The largest absolute Gasteiger partial charge is 0.461 e. The number of thiazole rings is 1. The van der Waals surface area contributed by atoms with Crippen LogP contribution in [0.4, 0.5) is 9.52 Å². The second kappa shape index (κ2) is 5.62. The lowest BCUT2D eigenvalue weighted by molar-refractivity contribution is 0.0520. The molecule has 5 nitrogen and oxygen atoms in total. The van der Waals surface area contributed by atoms with E-state index in [9.17, 15) is 14.3 Å². The number of carbonyl (C=O) groups excluding carboxylic acids is 1. The molecule has 1 aliphatic rings. The third-order valence-corrected chi connectivity index (χ3v) is 3.67. The Morgan fingerprint density at radius 2 is 2.56 bits per heavy atom. The van der Waals surface area contributed by atoms with E-state index in [2.05, 4.69) is 4.98 Å². The Kier molecular flexibility index (Phi) is 4.13. The molecular weight excluding hydrogens is 259 g/mol. The number of hydrogen-bond acceptors (Lipinski definition) is 6. The molecule has 1 aromatic heterocycles. The molecule has 1 saturated heterocycles. The van der Waals surface area contributed by atoms with Gasteiger partial charge in [-0.2, -0.15) is 0 Å². The van der Waals surface area contributed by atoms with Crippen LogP contribution >= 0.6 is 11.3 Å². The van der Waals surface area contributed by atoms with E-state index < -0.39 is 12.1 Å². The van der Waals surface area contributed by atoms with Gasteiger partial charge in [-0.3, -0.25) is 0 Å². The molecule has 0 spiro atoms. The summed E-state index contributed by atoms with van der Waals surface area (Å²) in [4.78, 5) is 17.3. The maximum atomic E-state index is 13.3. The number of aliphatic hydroxyl groups is 1. The first kappa shape index (κ1) is 13.2.